The zero-order valence-corrected chi connectivity index (χ0v) is 18.3. The van der Waals surface area contributed by atoms with E-state index in [9.17, 15) is 17.9 Å². The monoisotopic (exact) mass is 474 g/mol. The van der Waals surface area contributed by atoms with Gasteiger partial charge in [0.1, 0.15) is 24.3 Å². The fraction of sp³-hybridized carbons (Fsp3) is 0.368. The third kappa shape index (κ3) is 5.99. The Morgan fingerprint density at radius 3 is 2.54 bits per heavy atom. The van der Waals surface area contributed by atoms with E-state index >= 15 is 0 Å². The van der Waals surface area contributed by atoms with Gasteiger partial charge in [0.15, 0.2) is 0 Å². The molecule has 0 amide bonds. The van der Waals surface area contributed by atoms with Crippen LogP contribution >= 0.6 is 15.9 Å². The summed E-state index contributed by atoms with van der Waals surface area (Å²) in [5, 5.41) is 18.3. The minimum atomic E-state index is -3.97. The lowest BCUT2D eigenvalue weighted by Gasteiger charge is -2.29. The van der Waals surface area contributed by atoms with Crippen LogP contribution in [0, 0.1) is 12.7 Å². The Balaban J connectivity index is 1.98. The summed E-state index contributed by atoms with van der Waals surface area (Å²) in [6, 6.07) is 9.15. The number of nitrogens with two attached hydrogens (primary N) is 1. The zero-order chi connectivity index (χ0) is 21.1. The van der Waals surface area contributed by atoms with E-state index in [0.717, 1.165) is 16.1 Å². The summed E-state index contributed by atoms with van der Waals surface area (Å²) in [5.74, 6) is -0.0770. The van der Waals surface area contributed by atoms with Gasteiger partial charge in [-0.3, -0.25) is 0 Å². The van der Waals surface area contributed by atoms with Crippen LogP contribution < -0.4 is 15.2 Å². The number of hydrogen-bond donors (Lipinski definition) is 3. The maximum Gasteiger partial charge on any atom is 0.238 e. The van der Waals surface area contributed by atoms with Gasteiger partial charge in [-0.05, 0) is 66.5 Å². The maximum atomic E-state index is 14.4. The predicted molar refractivity (Wildman–Crippen MR) is 109 cm³/mol. The third-order valence-corrected chi connectivity index (χ3v) is 5.77. The largest absolute Gasteiger partial charge is 0.490 e. The van der Waals surface area contributed by atoms with Crippen molar-refractivity contribution in [1.82, 2.24) is 5.32 Å². The van der Waals surface area contributed by atoms with Crippen LogP contribution in [0.3, 0.4) is 0 Å². The molecule has 0 fully saturated rings. The van der Waals surface area contributed by atoms with Crippen LogP contribution in [0.2, 0.25) is 0 Å². The summed E-state index contributed by atoms with van der Waals surface area (Å²) in [6.07, 6.45) is -0.834. The quantitative estimate of drug-likeness (QED) is 0.545. The number of benzene rings is 2. The summed E-state index contributed by atoms with van der Waals surface area (Å²) < 4.78 is 43.5. The van der Waals surface area contributed by atoms with Crippen LogP contribution in [0.1, 0.15) is 25.0 Å². The van der Waals surface area contributed by atoms with Crippen LogP contribution in [0.15, 0.2) is 45.8 Å². The molecule has 2 aromatic carbocycles. The molecule has 0 radical (unpaired) electrons. The number of rotatable bonds is 8. The topological polar surface area (TPSA) is 102 Å². The van der Waals surface area contributed by atoms with Crippen molar-refractivity contribution in [2.45, 2.75) is 37.3 Å². The standard InChI is InChI=1S/C19H24BrFN2O4S/c1-12-4-7-18(16(20)8-12)27-11-13(24)10-23-19(2,3)15-6-5-14(9-17(15)21)28(22,25)26/h4-9,13,23-24H,10-11H2,1-3H3,(H2,22,25,26)/t13-/m0/s1. The molecule has 0 saturated heterocycles. The van der Waals surface area contributed by atoms with E-state index in [1.165, 1.54) is 12.1 Å². The Morgan fingerprint density at radius 2 is 1.96 bits per heavy atom. The van der Waals surface area contributed by atoms with Gasteiger partial charge in [-0.2, -0.15) is 0 Å². The van der Waals surface area contributed by atoms with Gasteiger partial charge >= 0.3 is 0 Å². The van der Waals surface area contributed by atoms with Crippen LogP contribution in [-0.4, -0.2) is 32.8 Å². The van der Waals surface area contributed by atoms with E-state index in [1.54, 1.807) is 13.8 Å². The molecular weight excluding hydrogens is 451 g/mol. The van der Waals surface area contributed by atoms with E-state index < -0.39 is 27.5 Å². The number of sulfonamides is 1. The summed E-state index contributed by atoms with van der Waals surface area (Å²) in [4.78, 5) is -0.290. The molecule has 1 atom stereocenters. The molecule has 0 aliphatic rings. The maximum absolute atomic E-state index is 14.4. The molecule has 0 aliphatic carbocycles. The Labute approximate surface area is 173 Å². The summed E-state index contributed by atoms with van der Waals surface area (Å²) in [7, 11) is -3.97. The molecule has 0 bridgehead atoms. The Morgan fingerprint density at radius 1 is 1.29 bits per heavy atom. The van der Waals surface area contributed by atoms with E-state index in [-0.39, 0.29) is 23.6 Å². The fourth-order valence-electron chi connectivity index (χ4n) is 2.62. The van der Waals surface area contributed by atoms with Crippen LogP contribution in [0.4, 0.5) is 4.39 Å². The highest BCUT2D eigenvalue weighted by atomic mass is 79.9. The normalized spacial score (nSPS) is 13.4. The lowest BCUT2D eigenvalue weighted by atomic mass is 9.93. The number of hydrogen-bond acceptors (Lipinski definition) is 5. The number of halogens is 2. The van der Waals surface area contributed by atoms with Crippen molar-refractivity contribution in [3.63, 3.8) is 0 Å². The highest BCUT2D eigenvalue weighted by Gasteiger charge is 2.26. The average Bonchev–Trinajstić information content (AvgIpc) is 2.58. The van der Waals surface area contributed by atoms with Crippen molar-refractivity contribution in [3.8, 4) is 5.75 Å². The van der Waals surface area contributed by atoms with E-state index in [0.29, 0.717) is 5.75 Å². The Bertz CT molecular complexity index is 951. The minimum absolute atomic E-state index is 0.0532. The van der Waals surface area contributed by atoms with Crippen LogP contribution in [0.25, 0.3) is 0 Å². The van der Waals surface area contributed by atoms with Crippen molar-refractivity contribution >= 4 is 26.0 Å². The first-order valence-electron chi connectivity index (χ1n) is 8.55. The van der Waals surface area contributed by atoms with Crippen molar-refractivity contribution in [2.75, 3.05) is 13.2 Å². The smallest absolute Gasteiger partial charge is 0.238 e. The third-order valence-electron chi connectivity index (χ3n) is 4.24. The Hall–Kier alpha value is -1.52. The first-order chi connectivity index (χ1) is 12.9. The molecule has 2 rings (SSSR count). The average molecular weight is 475 g/mol. The molecule has 28 heavy (non-hydrogen) atoms. The predicted octanol–water partition coefficient (Wildman–Crippen LogP) is 2.81. The molecule has 0 aromatic heterocycles. The van der Waals surface area contributed by atoms with Gasteiger partial charge in [0.2, 0.25) is 10.0 Å². The Kier molecular flexibility index (Phi) is 7.22. The molecule has 154 valence electrons. The van der Waals surface area contributed by atoms with Gasteiger partial charge in [-0.1, -0.05) is 12.1 Å². The van der Waals surface area contributed by atoms with Crippen LogP contribution in [-0.2, 0) is 15.6 Å². The second kappa shape index (κ2) is 8.87. The minimum Gasteiger partial charge on any atom is -0.490 e. The van der Waals surface area contributed by atoms with Gasteiger partial charge in [-0.15, -0.1) is 0 Å². The van der Waals surface area contributed by atoms with Crippen molar-refractivity contribution in [2.24, 2.45) is 5.14 Å². The number of primary sulfonamides is 1. The molecule has 6 nitrogen and oxygen atoms in total. The van der Waals surface area contributed by atoms with Gasteiger partial charge < -0.3 is 15.2 Å². The first kappa shape index (κ1) is 22.8. The summed E-state index contributed by atoms with van der Waals surface area (Å²) in [5.41, 5.74) is 0.486. The molecule has 0 heterocycles. The zero-order valence-electron chi connectivity index (χ0n) is 15.9. The van der Waals surface area contributed by atoms with Gasteiger partial charge in [0, 0.05) is 17.6 Å². The highest BCUT2D eigenvalue weighted by Crippen LogP contribution is 2.27. The van der Waals surface area contributed by atoms with Crippen LogP contribution in [0.5, 0.6) is 5.75 Å². The highest BCUT2D eigenvalue weighted by molar-refractivity contribution is 9.10. The van der Waals surface area contributed by atoms with Gasteiger partial charge in [0.05, 0.1) is 9.37 Å². The molecule has 4 N–H and O–H groups in total. The number of aryl methyl sites for hydroxylation is 1. The molecule has 0 aliphatic heterocycles. The number of nitrogens with one attached hydrogen (secondary N) is 1. The molecule has 0 spiro atoms. The van der Waals surface area contributed by atoms with Crippen molar-refractivity contribution in [3.05, 3.63) is 57.8 Å². The van der Waals surface area contributed by atoms with E-state index in [4.69, 9.17) is 9.88 Å². The van der Waals surface area contributed by atoms with Crippen molar-refractivity contribution in [1.29, 1.82) is 0 Å². The number of aliphatic hydroxyl groups is 1. The number of ether oxygens (including phenoxy) is 1. The lowest BCUT2D eigenvalue weighted by Crippen LogP contribution is -2.43. The molecule has 9 heteroatoms. The second-order valence-corrected chi connectivity index (χ2v) is 9.51. The molecular formula is C19H24BrFN2O4S. The molecule has 2 aromatic rings. The van der Waals surface area contributed by atoms with Gasteiger partial charge in [0.25, 0.3) is 0 Å². The van der Waals surface area contributed by atoms with E-state index in [2.05, 4.69) is 21.2 Å². The molecule has 0 unspecified atom stereocenters. The fourth-order valence-corrected chi connectivity index (χ4v) is 3.75. The SMILES string of the molecule is Cc1ccc(OC[C@@H](O)CNC(C)(C)c2ccc(S(N)(=O)=O)cc2F)c(Br)c1. The molecule has 0 saturated carbocycles. The summed E-state index contributed by atoms with van der Waals surface area (Å²) in [6.45, 7) is 5.62. The van der Waals surface area contributed by atoms with Crippen molar-refractivity contribution < 1.29 is 22.7 Å². The van der Waals surface area contributed by atoms with Gasteiger partial charge in [-0.25, -0.2) is 17.9 Å². The van der Waals surface area contributed by atoms with E-state index in [1.807, 2.05) is 25.1 Å². The number of aliphatic hydroxyl groups excluding tert-OH is 1. The second-order valence-electron chi connectivity index (χ2n) is 7.09. The lowest BCUT2D eigenvalue weighted by molar-refractivity contribution is 0.0981. The summed E-state index contributed by atoms with van der Waals surface area (Å²) >= 11 is 3.41. The first-order valence-corrected chi connectivity index (χ1v) is 10.9.